The van der Waals surface area contributed by atoms with Crippen LogP contribution in [0.2, 0.25) is 0 Å². The fourth-order valence-electron chi connectivity index (χ4n) is 2.47. The number of amides is 1. The lowest BCUT2D eigenvalue weighted by atomic mass is 10.0. The van der Waals surface area contributed by atoms with Crippen molar-refractivity contribution in [1.82, 2.24) is 9.97 Å². The summed E-state index contributed by atoms with van der Waals surface area (Å²) in [6.07, 6.45) is 2.17. The van der Waals surface area contributed by atoms with Crippen LogP contribution in [-0.2, 0) is 0 Å². The standard InChI is InChI=1S/C19H26N4O/c1-5-6-11-20-18-12-17(21-14(4)22-18)19(24)23-16-10-8-7-9-15(16)13(2)3/h7-10,12-13H,5-6,11H2,1-4H3,(H,23,24)(H,20,21,22). The molecule has 5 heteroatoms. The molecular formula is C19H26N4O. The van der Waals surface area contributed by atoms with E-state index < -0.39 is 0 Å². The monoisotopic (exact) mass is 326 g/mol. The molecule has 0 aliphatic carbocycles. The van der Waals surface area contributed by atoms with E-state index in [1.54, 1.807) is 13.0 Å². The van der Waals surface area contributed by atoms with Gasteiger partial charge >= 0.3 is 0 Å². The maximum absolute atomic E-state index is 12.6. The number of unbranched alkanes of at least 4 members (excludes halogenated alkanes) is 1. The first-order chi connectivity index (χ1) is 11.5. The van der Waals surface area contributed by atoms with Gasteiger partial charge in [0.15, 0.2) is 0 Å². The van der Waals surface area contributed by atoms with Gasteiger partial charge in [0.05, 0.1) is 0 Å². The lowest BCUT2D eigenvalue weighted by Crippen LogP contribution is -2.17. The van der Waals surface area contributed by atoms with Crippen molar-refractivity contribution in [2.24, 2.45) is 0 Å². The zero-order chi connectivity index (χ0) is 17.5. The predicted molar refractivity (Wildman–Crippen MR) is 98.7 cm³/mol. The molecule has 1 heterocycles. The fourth-order valence-corrected chi connectivity index (χ4v) is 2.47. The number of carbonyl (C=O) groups excluding carboxylic acids is 1. The fraction of sp³-hybridized carbons (Fsp3) is 0.421. The minimum Gasteiger partial charge on any atom is -0.370 e. The Morgan fingerprint density at radius 1 is 1.21 bits per heavy atom. The van der Waals surface area contributed by atoms with Gasteiger partial charge < -0.3 is 10.6 Å². The maximum atomic E-state index is 12.6. The molecule has 2 rings (SSSR count). The molecule has 0 unspecified atom stereocenters. The normalized spacial score (nSPS) is 10.7. The maximum Gasteiger partial charge on any atom is 0.274 e. The number of hydrogen-bond acceptors (Lipinski definition) is 4. The van der Waals surface area contributed by atoms with E-state index in [1.165, 1.54) is 0 Å². The van der Waals surface area contributed by atoms with Gasteiger partial charge in [-0.15, -0.1) is 0 Å². The van der Waals surface area contributed by atoms with Crippen molar-refractivity contribution in [3.63, 3.8) is 0 Å². The van der Waals surface area contributed by atoms with Crippen molar-refractivity contribution in [2.45, 2.75) is 46.5 Å². The van der Waals surface area contributed by atoms with E-state index in [9.17, 15) is 4.79 Å². The summed E-state index contributed by atoms with van der Waals surface area (Å²) in [5.41, 5.74) is 2.31. The first-order valence-corrected chi connectivity index (χ1v) is 8.51. The molecule has 0 spiro atoms. The van der Waals surface area contributed by atoms with Crippen LogP contribution in [0.5, 0.6) is 0 Å². The SMILES string of the molecule is CCCCNc1cc(C(=O)Nc2ccccc2C(C)C)nc(C)n1. The number of anilines is 2. The first-order valence-electron chi connectivity index (χ1n) is 8.51. The smallest absolute Gasteiger partial charge is 0.274 e. The van der Waals surface area contributed by atoms with Crippen LogP contribution in [0.1, 0.15) is 61.4 Å². The molecule has 2 aromatic rings. The van der Waals surface area contributed by atoms with Gasteiger partial charge in [-0.3, -0.25) is 4.79 Å². The molecule has 24 heavy (non-hydrogen) atoms. The van der Waals surface area contributed by atoms with Crippen LogP contribution in [0.25, 0.3) is 0 Å². The van der Waals surface area contributed by atoms with E-state index in [0.29, 0.717) is 23.3 Å². The van der Waals surface area contributed by atoms with Crippen LogP contribution >= 0.6 is 0 Å². The summed E-state index contributed by atoms with van der Waals surface area (Å²) in [6.45, 7) is 8.98. The number of nitrogens with one attached hydrogen (secondary N) is 2. The number of aryl methyl sites for hydroxylation is 1. The van der Waals surface area contributed by atoms with Crippen molar-refractivity contribution in [2.75, 3.05) is 17.2 Å². The number of rotatable bonds is 7. The largest absolute Gasteiger partial charge is 0.370 e. The Hall–Kier alpha value is -2.43. The average Bonchev–Trinajstić information content (AvgIpc) is 2.55. The molecule has 0 saturated carbocycles. The summed E-state index contributed by atoms with van der Waals surface area (Å²) < 4.78 is 0. The highest BCUT2D eigenvalue weighted by Crippen LogP contribution is 2.24. The summed E-state index contributed by atoms with van der Waals surface area (Å²) in [6, 6.07) is 9.56. The zero-order valence-corrected chi connectivity index (χ0v) is 14.9. The van der Waals surface area contributed by atoms with Crippen molar-refractivity contribution in [3.05, 3.63) is 47.4 Å². The van der Waals surface area contributed by atoms with Crippen LogP contribution in [0, 0.1) is 6.92 Å². The molecule has 1 amide bonds. The van der Waals surface area contributed by atoms with Crippen LogP contribution in [0.15, 0.2) is 30.3 Å². The first kappa shape index (κ1) is 17.9. The third kappa shape index (κ3) is 4.78. The third-order valence-corrected chi connectivity index (χ3v) is 3.74. The predicted octanol–water partition coefficient (Wildman–Crippen LogP) is 4.37. The second-order valence-electron chi connectivity index (χ2n) is 6.16. The van der Waals surface area contributed by atoms with E-state index in [4.69, 9.17) is 0 Å². The quantitative estimate of drug-likeness (QED) is 0.741. The van der Waals surface area contributed by atoms with Crippen molar-refractivity contribution < 1.29 is 4.79 Å². The highest BCUT2D eigenvalue weighted by atomic mass is 16.1. The highest BCUT2D eigenvalue weighted by Gasteiger charge is 2.13. The molecule has 0 saturated heterocycles. The molecule has 0 aliphatic heterocycles. The Bertz CT molecular complexity index is 698. The minimum atomic E-state index is -0.216. The summed E-state index contributed by atoms with van der Waals surface area (Å²) in [5, 5.41) is 6.22. The minimum absolute atomic E-state index is 0.216. The van der Waals surface area contributed by atoms with E-state index in [1.807, 2.05) is 24.3 Å². The molecule has 0 bridgehead atoms. The number of benzene rings is 1. The second kappa shape index (κ2) is 8.43. The second-order valence-corrected chi connectivity index (χ2v) is 6.16. The van der Waals surface area contributed by atoms with Crippen molar-refractivity contribution in [1.29, 1.82) is 0 Å². The highest BCUT2D eigenvalue weighted by molar-refractivity contribution is 6.03. The summed E-state index contributed by atoms with van der Waals surface area (Å²) in [7, 11) is 0. The van der Waals surface area contributed by atoms with Gasteiger partial charge in [0.25, 0.3) is 5.91 Å². The van der Waals surface area contributed by atoms with E-state index in [-0.39, 0.29) is 5.91 Å². The number of carbonyl (C=O) groups is 1. The van der Waals surface area contributed by atoms with Crippen LogP contribution in [0.4, 0.5) is 11.5 Å². The Kier molecular flexibility index (Phi) is 6.29. The Balaban J connectivity index is 2.18. The van der Waals surface area contributed by atoms with Gasteiger partial charge in [0.1, 0.15) is 17.3 Å². The Morgan fingerprint density at radius 2 is 1.96 bits per heavy atom. The van der Waals surface area contributed by atoms with E-state index in [0.717, 1.165) is 30.6 Å². The van der Waals surface area contributed by atoms with Crippen LogP contribution in [0.3, 0.4) is 0 Å². The summed E-state index contributed by atoms with van der Waals surface area (Å²) >= 11 is 0. The van der Waals surface area contributed by atoms with E-state index >= 15 is 0 Å². The molecule has 0 aliphatic rings. The van der Waals surface area contributed by atoms with Gasteiger partial charge in [0, 0.05) is 18.3 Å². The number of para-hydroxylation sites is 1. The molecule has 1 aromatic carbocycles. The molecule has 0 radical (unpaired) electrons. The van der Waals surface area contributed by atoms with Crippen molar-refractivity contribution >= 4 is 17.4 Å². The number of aromatic nitrogens is 2. The van der Waals surface area contributed by atoms with Crippen molar-refractivity contribution in [3.8, 4) is 0 Å². The third-order valence-electron chi connectivity index (χ3n) is 3.74. The van der Waals surface area contributed by atoms with Gasteiger partial charge in [-0.2, -0.15) is 0 Å². The molecular weight excluding hydrogens is 300 g/mol. The molecule has 0 atom stereocenters. The molecule has 1 aromatic heterocycles. The average molecular weight is 326 g/mol. The molecule has 128 valence electrons. The topological polar surface area (TPSA) is 66.9 Å². The zero-order valence-electron chi connectivity index (χ0n) is 14.9. The van der Waals surface area contributed by atoms with Crippen LogP contribution in [-0.4, -0.2) is 22.4 Å². The Labute approximate surface area is 143 Å². The lowest BCUT2D eigenvalue weighted by molar-refractivity contribution is 0.102. The van der Waals surface area contributed by atoms with Gasteiger partial charge in [-0.05, 0) is 30.9 Å². The van der Waals surface area contributed by atoms with Gasteiger partial charge in [-0.25, -0.2) is 9.97 Å². The van der Waals surface area contributed by atoms with Gasteiger partial charge in [-0.1, -0.05) is 45.4 Å². The van der Waals surface area contributed by atoms with E-state index in [2.05, 4.69) is 41.4 Å². The summed E-state index contributed by atoms with van der Waals surface area (Å²) in [4.78, 5) is 21.2. The van der Waals surface area contributed by atoms with Gasteiger partial charge in [0.2, 0.25) is 0 Å². The number of hydrogen-bond donors (Lipinski definition) is 2. The molecule has 0 fully saturated rings. The molecule has 2 N–H and O–H groups in total. The lowest BCUT2D eigenvalue weighted by Gasteiger charge is -2.14. The summed E-state index contributed by atoms with van der Waals surface area (Å²) in [5.74, 6) is 1.39. The molecule has 5 nitrogen and oxygen atoms in total. The van der Waals surface area contributed by atoms with Crippen LogP contribution < -0.4 is 10.6 Å². The number of nitrogens with zero attached hydrogens (tertiary/aromatic N) is 2. The Morgan fingerprint density at radius 3 is 2.67 bits per heavy atom.